The van der Waals surface area contributed by atoms with Crippen molar-refractivity contribution in [3.63, 3.8) is 0 Å². The third kappa shape index (κ3) is 5.37. The normalized spacial score (nSPS) is 17.6. The Bertz CT molecular complexity index is 1950. The Kier molecular flexibility index (Phi) is 8.98. The van der Waals surface area contributed by atoms with Crippen LogP contribution in [-0.2, 0) is 25.7 Å². The molecule has 1 aliphatic heterocycles. The molecule has 0 unspecified atom stereocenters. The van der Waals surface area contributed by atoms with Crippen LogP contribution < -0.4 is 33.2 Å². The molecule has 0 saturated heterocycles. The van der Waals surface area contributed by atoms with E-state index in [1.807, 2.05) is 30.3 Å². The number of likely N-dealkylation sites (N-methyl/N-ethyl adjacent to an activating group) is 1. The van der Waals surface area contributed by atoms with Crippen molar-refractivity contribution in [1.82, 2.24) is 4.90 Å². The van der Waals surface area contributed by atoms with Crippen molar-refractivity contribution >= 4 is 0 Å². The highest BCUT2D eigenvalue weighted by molar-refractivity contribution is 5.91. The second-order valence-corrected chi connectivity index (χ2v) is 13.2. The zero-order chi connectivity index (χ0) is 35.3. The van der Waals surface area contributed by atoms with Gasteiger partial charge in [0.15, 0.2) is 46.0 Å². The van der Waals surface area contributed by atoms with E-state index in [9.17, 15) is 10.2 Å². The molecule has 0 bridgehead atoms. The summed E-state index contributed by atoms with van der Waals surface area (Å²) in [5.74, 6) is 4.46. The third-order valence-corrected chi connectivity index (χ3v) is 10.7. The van der Waals surface area contributed by atoms with Crippen LogP contribution in [0.15, 0.2) is 36.4 Å². The number of rotatable bonds is 10. The van der Waals surface area contributed by atoms with Crippen LogP contribution in [0.5, 0.6) is 57.5 Å². The number of benzene rings is 4. The van der Waals surface area contributed by atoms with E-state index in [4.69, 9.17) is 33.2 Å². The maximum atomic E-state index is 11.8. The van der Waals surface area contributed by atoms with E-state index in [1.165, 1.54) is 12.7 Å². The van der Waals surface area contributed by atoms with Crippen LogP contribution in [0.3, 0.4) is 0 Å². The summed E-state index contributed by atoms with van der Waals surface area (Å²) in [6, 6.07) is 11.6. The van der Waals surface area contributed by atoms with Gasteiger partial charge >= 0.3 is 0 Å². The van der Waals surface area contributed by atoms with Gasteiger partial charge in [-0.05, 0) is 98.0 Å². The zero-order valence-electron chi connectivity index (χ0n) is 29.8. The van der Waals surface area contributed by atoms with Crippen LogP contribution in [0.1, 0.15) is 58.2 Å². The number of phenolic OH excluding ortho intramolecular Hbond substituents is 2. The molecule has 0 amide bonds. The molecule has 10 heteroatoms. The largest absolute Gasteiger partial charge is 0.504 e. The lowest BCUT2D eigenvalue weighted by Crippen LogP contribution is -2.33. The lowest BCUT2D eigenvalue weighted by Gasteiger charge is -2.37. The van der Waals surface area contributed by atoms with Crippen LogP contribution in [0, 0.1) is 0 Å². The zero-order valence-corrected chi connectivity index (χ0v) is 29.8. The summed E-state index contributed by atoms with van der Waals surface area (Å²) in [5, 5.41) is 22.4. The van der Waals surface area contributed by atoms with Gasteiger partial charge in [-0.2, -0.15) is 0 Å². The highest BCUT2D eigenvalue weighted by atomic mass is 16.5. The molecule has 0 aromatic heterocycles. The summed E-state index contributed by atoms with van der Waals surface area (Å²) in [7, 11) is 11.7. The smallest absolute Gasteiger partial charge is 0.204 e. The highest BCUT2D eigenvalue weighted by Crippen LogP contribution is 2.62. The summed E-state index contributed by atoms with van der Waals surface area (Å²) in [4.78, 5) is 2.31. The average molecular weight is 684 g/mol. The number of aromatic hydroxyl groups is 2. The summed E-state index contributed by atoms with van der Waals surface area (Å²) in [5.41, 5.74) is 7.75. The van der Waals surface area contributed by atoms with Crippen LogP contribution in [-0.4, -0.2) is 71.4 Å². The first-order valence-corrected chi connectivity index (χ1v) is 17.0. The van der Waals surface area contributed by atoms with E-state index in [2.05, 4.69) is 11.9 Å². The molecule has 0 fully saturated rings. The van der Waals surface area contributed by atoms with Gasteiger partial charge in [-0.25, -0.2) is 0 Å². The van der Waals surface area contributed by atoms with Gasteiger partial charge in [0.2, 0.25) is 5.75 Å². The van der Waals surface area contributed by atoms with Crippen LogP contribution >= 0.6 is 0 Å². The Morgan fingerprint density at radius 1 is 0.700 bits per heavy atom. The monoisotopic (exact) mass is 683 g/mol. The van der Waals surface area contributed by atoms with E-state index in [0.29, 0.717) is 58.7 Å². The molecule has 4 aromatic carbocycles. The summed E-state index contributed by atoms with van der Waals surface area (Å²) in [6.07, 6.45) is 5.02. The molecule has 50 heavy (non-hydrogen) atoms. The number of phenols is 2. The Morgan fingerprint density at radius 2 is 1.44 bits per heavy atom. The molecular formula is C40H45NO9. The predicted octanol–water partition coefficient (Wildman–Crippen LogP) is 7.36. The van der Waals surface area contributed by atoms with E-state index >= 15 is 0 Å². The van der Waals surface area contributed by atoms with Gasteiger partial charge in [0.1, 0.15) is 5.75 Å². The first-order chi connectivity index (χ1) is 24.3. The minimum Gasteiger partial charge on any atom is -0.504 e. The minimum atomic E-state index is 0.0196. The Morgan fingerprint density at radius 3 is 2.14 bits per heavy atom. The van der Waals surface area contributed by atoms with Gasteiger partial charge < -0.3 is 43.4 Å². The van der Waals surface area contributed by atoms with Gasteiger partial charge in [-0.1, -0.05) is 6.07 Å². The molecule has 0 radical (unpaired) electrons. The molecule has 2 atom stereocenters. The number of ether oxygens (including phenoxy) is 7. The topological polar surface area (TPSA) is 108 Å². The molecule has 2 N–H and O–H groups in total. The number of hydrogen-bond donors (Lipinski definition) is 2. The molecule has 10 nitrogen and oxygen atoms in total. The van der Waals surface area contributed by atoms with Crippen LogP contribution in [0.2, 0.25) is 0 Å². The minimum absolute atomic E-state index is 0.0196. The molecule has 0 spiro atoms. The molecule has 1 heterocycles. The summed E-state index contributed by atoms with van der Waals surface area (Å²) < 4.78 is 41.6. The van der Waals surface area contributed by atoms with E-state index in [0.717, 1.165) is 65.6 Å². The lowest BCUT2D eigenvalue weighted by molar-refractivity contribution is 0.228. The van der Waals surface area contributed by atoms with E-state index in [-0.39, 0.29) is 29.2 Å². The first kappa shape index (κ1) is 33.5. The first-order valence-electron chi connectivity index (χ1n) is 17.0. The molecule has 2 aliphatic carbocycles. The van der Waals surface area contributed by atoms with Gasteiger partial charge in [0, 0.05) is 40.9 Å². The fourth-order valence-electron chi connectivity index (χ4n) is 8.34. The summed E-state index contributed by atoms with van der Waals surface area (Å²) >= 11 is 0. The quantitative estimate of drug-likeness (QED) is 0.176. The Labute approximate surface area is 293 Å². The lowest BCUT2D eigenvalue weighted by atomic mass is 9.70. The van der Waals surface area contributed by atoms with Crippen LogP contribution in [0.4, 0.5) is 0 Å². The Hall–Kier alpha value is -4.96. The van der Waals surface area contributed by atoms with Crippen molar-refractivity contribution in [3.8, 4) is 68.6 Å². The van der Waals surface area contributed by atoms with Gasteiger partial charge in [0.25, 0.3) is 0 Å². The second-order valence-electron chi connectivity index (χ2n) is 13.2. The fourth-order valence-corrected chi connectivity index (χ4v) is 8.34. The predicted molar refractivity (Wildman–Crippen MR) is 190 cm³/mol. The van der Waals surface area contributed by atoms with Crippen molar-refractivity contribution < 1.29 is 43.4 Å². The van der Waals surface area contributed by atoms with Crippen molar-refractivity contribution in [2.45, 2.75) is 50.5 Å². The molecule has 0 saturated carbocycles. The highest BCUT2D eigenvalue weighted by Gasteiger charge is 2.40. The van der Waals surface area contributed by atoms with Crippen molar-refractivity contribution in [3.05, 3.63) is 69.8 Å². The standard InChI is InChI=1S/C40H45NO9/c1-41-14-13-22-18-31(45-3)28(42)19-25(22)27(41)15-21-11-12-29(44-2)32(16-21)50-30-20-33(46-4)37(43)35-26(30)17-23-9-8-10-24-34(23)36(35)39(48-6)40(49-7)38(24)47-5/h11-12,16,18-20,23,27,42-43H,8-10,13-15,17H2,1-7H3/t23-,27-/m0/s1. The maximum absolute atomic E-state index is 11.8. The van der Waals surface area contributed by atoms with Gasteiger partial charge in [-0.3, -0.25) is 4.90 Å². The number of fused-ring (bicyclic) bond motifs is 3. The molecule has 7 rings (SSSR count). The van der Waals surface area contributed by atoms with Gasteiger partial charge in [0.05, 0.1) is 42.7 Å². The molecule has 264 valence electrons. The van der Waals surface area contributed by atoms with Crippen LogP contribution in [0.25, 0.3) is 11.1 Å². The van der Waals surface area contributed by atoms with Crippen molar-refractivity contribution in [2.75, 3.05) is 56.3 Å². The third-order valence-electron chi connectivity index (χ3n) is 10.7. The van der Waals surface area contributed by atoms with Gasteiger partial charge in [-0.15, -0.1) is 0 Å². The van der Waals surface area contributed by atoms with E-state index in [1.54, 1.807) is 41.6 Å². The van der Waals surface area contributed by atoms with Crippen molar-refractivity contribution in [2.24, 2.45) is 0 Å². The van der Waals surface area contributed by atoms with Crippen molar-refractivity contribution in [1.29, 1.82) is 0 Å². The number of nitrogens with zero attached hydrogens (tertiary/aromatic N) is 1. The summed E-state index contributed by atoms with van der Waals surface area (Å²) in [6.45, 7) is 0.884. The SMILES string of the molecule is COc1cc2c(cc1O)[C@H](Cc1ccc(OC)c(Oc3cc(OC)c(O)c4c3C[C@@H]3CCCc5c(OC)c(OC)c(OC)c-4c53)c1)N(C)CC2. The maximum Gasteiger partial charge on any atom is 0.204 e. The number of hydrogen-bond acceptors (Lipinski definition) is 10. The molecular weight excluding hydrogens is 638 g/mol. The average Bonchev–Trinajstić information content (AvgIpc) is 3.13. The molecule has 3 aliphatic rings. The van der Waals surface area contributed by atoms with E-state index < -0.39 is 0 Å². The second kappa shape index (κ2) is 13.4. The molecule has 4 aromatic rings. The number of methoxy groups -OCH3 is 6. The fraction of sp³-hybridized carbons (Fsp3) is 0.400. The Balaban J connectivity index is 1.34.